The summed E-state index contributed by atoms with van der Waals surface area (Å²) in [4.78, 5) is 4.93. The summed E-state index contributed by atoms with van der Waals surface area (Å²) in [5.41, 5.74) is 5.67. The smallest absolute Gasteiger partial charge is 0.0828 e. The first kappa shape index (κ1) is 13.9. The van der Waals surface area contributed by atoms with E-state index in [1.807, 2.05) is 0 Å². The molecule has 2 unspecified atom stereocenters. The minimum atomic E-state index is 0.223. The van der Waals surface area contributed by atoms with Gasteiger partial charge in [0.15, 0.2) is 0 Å². The van der Waals surface area contributed by atoms with Crippen LogP contribution in [-0.2, 0) is 4.74 Å². The molecule has 2 N–H and O–H groups in total. The van der Waals surface area contributed by atoms with Crippen LogP contribution in [0.15, 0.2) is 0 Å². The van der Waals surface area contributed by atoms with E-state index in [9.17, 15) is 0 Å². The Kier molecular flexibility index (Phi) is 6.28. The third-order valence-electron chi connectivity index (χ3n) is 3.29. The van der Waals surface area contributed by atoms with E-state index in [0.29, 0.717) is 12.6 Å². The Morgan fingerprint density at radius 3 is 2.56 bits per heavy atom. The Hall–Kier alpha value is -0.160. The van der Waals surface area contributed by atoms with E-state index in [1.54, 1.807) is 0 Å². The van der Waals surface area contributed by atoms with Crippen LogP contribution < -0.4 is 5.73 Å². The Morgan fingerprint density at radius 1 is 1.31 bits per heavy atom. The molecular formula is C12H27N3O. The van der Waals surface area contributed by atoms with Gasteiger partial charge in [0.05, 0.1) is 12.2 Å². The van der Waals surface area contributed by atoms with Crippen molar-refractivity contribution in [2.24, 2.45) is 5.73 Å². The number of ether oxygens (including phenoxy) is 1. The third-order valence-corrected chi connectivity index (χ3v) is 3.29. The van der Waals surface area contributed by atoms with E-state index in [2.05, 4.69) is 30.6 Å². The van der Waals surface area contributed by atoms with E-state index < -0.39 is 0 Å². The van der Waals surface area contributed by atoms with Crippen LogP contribution in [-0.4, -0.2) is 67.8 Å². The van der Waals surface area contributed by atoms with Gasteiger partial charge in [-0.3, -0.25) is 4.90 Å². The van der Waals surface area contributed by atoms with Crippen molar-refractivity contribution in [2.45, 2.75) is 33.0 Å². The molecule has 0 spiro atoms. The summed E-state index contributed by atoms with van der Waals surface area (Å²) in [6.07, 6.45) is 0.541. The molecule has 1 fully saturated rings. The van der Waals surface area contributed by atoms with Crippen LogP contribution in [0.5, 0.6) is 0 Å². The second kappa shape index (κ2) is 7.22. The van der Waals surface area contributed by atoms with Gasteiger partial charge in [-0.25, -0.2) is 0 Å². The first-order chi connectivity index (χ1) is 7.69. The highest BCUT2D eigenvalue weighted by Gasteiger charge is 2.23. The average molecular weight is 229 g/mol. The molecule has 16 heavy (non-hydrogen) atoms. The van der Waals surface area contributed by atoms with E-state index in [0.717, 1.165) is 39.3 Å². The topological polar surface area (TPSA) is 41.7 Å². The molecule has 1 aliphatic rings. The number of hydrogen-bond donors (Lipinski definition) is 1. The first-order valence-electron chi connectivity index (χ1n) is 6.49. The Balaban J connectivity index is 2.30. The maximum absolute atomic E-state index is 5.74. The van der Waals surface area contributed by atoms with Gasteiger partial charge in [0.2, 0.25) is 0 Å². The fraction of sp³-hybridized carbons (Fsp3) is 1.00. The highest BCUT2D eigenvalue weighted by Crippen LogP contribution is 2.09. The zero-order valence-corrected chi connectivity index (χ0v) is 11.0. The largest absolute Gasteiger partial charge is 0.371 e. The zero-order valence-electron chi connectivity index (χ0n) is 11.0. The number of morpholine rings is 1. The van der Waals surface area contributed by atoms with Crippen molar-refractivity contribution >= 4 is 0 Å². The molecule has 4 nitrogen and oxygen atoms in total. The lowest BCUT2D eigenvalue weighted by molar-refractivity contribution is -0.0732. The van der Waals surface area contributed by atoms with Crippen LogP contribution in [0.2, 0.25) is 0 Å². The maximum atomic E-state index is 5.74. The normalized spacial score (nSPS) is 27.6. The summed E-state index contributed by atoms with van der Waals surface area (Å²) in [7, 11) is 0. The molecule has 96 valence electrons. The second-order valence-corrected chi connectivity index (χ2v) is 4.59. The summed E-state index contributed by atoms with van der Waals surface area (Å²) in [6, 6.07) is 0. The Morgan fingerprint density at radius 2 is 2.00 bits per heavy atom. The zero-order chi connectivity index (χ0) is 12.0. The van der Waals surface area contributed by atoms with Crippen molar-refractivity contribution in [1.29, 1.82) is 0 Å². The monoisotopic (exact) mass is 229 g/mol. The summed E-state index contributed by atoms with van der Waals surface area (Å²) in [6.45, 7) is 13.8. The van der Waals surface area contributed by atoms with E-state index >= 15 is 0 Å². The number of rotatable bonds is 6. The highest BCUT2D eigenvalue weighted by molar-refractivity contribution is 4.76. The van der Waals surface area contributed by atoms with Crippen LogP contribution in [0, 0.1) is 0 Å². The molecule has 0 aromatic carbocycles. The highest BCUT2D eigenvalue weighted by atomic mass is 16.5. The van der Waals surface area contributed by atoms with Gasteiger partial charge in [-0.05, 0) is 20.0 Å². The molecule has 1 aliphatic heterocycles. The number of hydrogen-bond acceptors (Lipinski definition) is 4. The minimum Gasteiger partial charge on any atom is -0.371 e. The van der Waals surface area contributed by atoms with Gasteiger partial charge >= 0.3 is 0 Å². The van der Waals surface area contributed by atoms with Crippen molar-refractivity contribution < 1.29 is 4.74 Å². The third kappa shape index (κ3) is 4.37. The summed E-state index contributed by atoms with van der Waals surface area (Å²) in [5.74, 6) is 0. The lowest BCUT2D eigenvalue weighted by Crippen LogP contribution is -2.51. The fourth-order valence-corrected chi connectivity index (χ4v) is 2.28. The molecule has 0 aromatic rings. The Labute approximate surface area is 99.7 Å². The quantitative estimate of drug-likeness (QED) is 0.715. The van der Waals surface area contributed by atoms with E-state index in [4.69, 9.17) is 10.5 Å². The SMILES string of the molecule is CCN(CC)CCN1CC(C)OC(CN)C1. The van der Waals surface area contributed by atoms with Crippen molar-refractivity contribution in [2.75, 3.05) is 45.8 Å². The van der Waals surface area contributed by atoms with E-state index in [-0.39, 0.29) is 6.10 Å². The fourth-order valence-electron chi connectivity index (χ4n) is 2.28. The van der Waals surface area contributed by atoms with Gasteiger partial charge in [-0.2, -0.15) is 0 Å². The number of likely N-dealkylation sites (N-methyl/N-ethyl adjacent to an activating group) is 1. The van der Waals surface area contributed by atoms with Crippen molar-refractivity contribution in [3.63, 3.8) is 0 Å². The molecule has 0 bridgehead atoms. The second-order valence-electron chi connectivity index (χ2n) is 4.59. The summed E-state index contributed by atoms with van der Waals surface area (Å²) >= 11 is 0. The molecule has 0 amide bonds. The number of nitrogens with two attached hydrogens (primary N) is 1. The lowest BCUT2D eigenvalue weighted by atomic mass is 10.2. The molecule has 1 heterocycles. The van der Waals surface area contributed by atoms with Gasteiger partial charge in [0, 0.05) is 32.7 Å². The van der Waals surface area contributed by atoms with Crippen LogP contribution in [0.25, 0.3) is 0 Å². The standard InChI is InChI=1S/C12H27N3O/c1-4-14(5-2)6-7-15-9-11(3)16-12(8-13)10-15/h11-12H,4-10,13H2,1-3H3. The van der Waals surface area contributed by atoms with Gasteiger partial charge in [-0.1, -0.05) is 13.8 Å². The van der Waals surface area contributed by atoms with Crippen LogP contribution in [0.4, 0.5) is 0 Å². The predicted molar refractivity (Wildman–Crippen MR) is 67.6 cm³/mol. The van der Waals surface area contributed by atoms with Gasteiger partial charge in [0.25, 0.3) is 0 Å². The van der Waals surface area contributed by atoms with Crippen molar-refractivity contribution in [3.8, 4) is 0 Å². The molecule has 1 saturated heterocycles. The van der Waals surface area contributed by atoms with E-state index in [1.165, 1.54) is 0 Å². The van der Waals surface area contributed by atoms with Crippen molar-refractivity contribution in [1.82, 2.24) is 9.80 Å². The molecule has 0 aromatic heterocycles. The van der Waals surface area contributed by atoms with Crippen LogP contribution in [0.1, 0.15) is 20.8 Å². The molecular weight excluding hydrogens is 202 g/mol. The molecule has 2 atom stereocenters. The van der Waals surface area contributed by atoms with Gasteiger partial charge < -0.3 is 15.4 Å². The average Bonchev–Trinajstić information content (AvgIpc) is 2.29. The predicted octanol–water partition coefficient (Wildman–Crippen LogP) is 0.376. The summed E-state index contributed by atoms with van der Waals surface area (Å²) < 4.78 is 5.74. The lowest BCUT2D eigenvalue weighted by Gasteiger charge is -2.37. The van der Waals surface area contributed by atoms with Crippen LogP contribution in [0.3, 0.4) is 0 Å². The molecule has 1 rings (SSSR count). The Bertz CT molecular complexity index is 185. The number of nitrogens with zero attached hydrogens (tertiary/aromatic N) is 2. The van der Waals surface area contributed by atoms with Crippen molar-refractivity contribution in [3.05, 3.63) is 0 Å². The van der Waals surface area contributed by atoms with Gasteiger partial charge in [0.1, 0.15) is 0 Å². The molecule has 0 saturated carbocycles. The molecule has 0 aliphatic carbocycles. The van der Waals surface area contributed by atoms with Crippen LogP contribution >= 0.6 is 0 Å². The molecule has 0 radical (unpaired) electrons. The van der Waals surface area contributed by atoms with Gasteiger partial charge in [-0.15, -0.1) is 0 Å². The summed E-state index contributed by atoms with van der Waals surface area (Å²) in [5, 5.41) is 0. The first-order valence-corrected chi connectivity index (χ1v) is 6.49. The maximum Gasteiger partial charge on any atom is 0.0828 e. The molecule has 4 heteroatoms. The minimum absolute atomic E-state index is 0.223.